The van der Waals surface area contributed by atoms with Crippen molar-refractivity contribution < 1.29 is 4.79 Å². The van der Waals surface area contributed by atoms with E-state index in [9.17, 15) is 4.79 Å². The molecule has 122 valence electrons. The number of anilines is 1. The van der Waals surface area contributed by atoms with Crippen molar-refractivity contribution in [2.24, 2.45) is 11.8 Å². The highest BCUT2D eigenvalue weighted by Gasteiger charge is 2.42. The lowest BCUT2D eigenvalue weighted by molar-refractivity contribution is -0.121. The maximum atomic E-state index is 12.4. The smallest absolute Gasteiger partial charge is 0.241 e. The minimum Gasteiger partial charge on any atom is -0.306 e. The molecule has 6 heteroatoms. The number of para-hydroxylation sites is 1. The Morgan fingerprint density at radius 3 is 2.27 bits per heavy atom. The number of hydrazine groups is 1. The molecule has 2 fully saturated rings. The number of nitrogens with zero attached hydrogens (tertiary/aromatic N) is 3. The highest BCUT2D eigenvalue weighted by atomic mass is 35.5. The van der Waals surface area contributed by atoms with E-state index in [2.05, 4.69) is 35.2 Å². The highest BCUT2D eigenvalue weighted by molar-refractivity contribution is 5.95. The number of carbonyl (C=O) groups is 1. The molecule has 3 aliphatic rings. The number of rotatable bonds is 1. The van der Waals surface area contributed by atoms with Crippen LogP contribution in [0.5, 0.6) is 0 Å². The van der Waals surface area contributed by atoms with Crippen LogP contribution in [0, 0.1) is 11.8 Å². The van der Waals surface area contributed by atoms with Crippen molar-refractivity contribution in [1.82, 2.24) is 9.91 Å². The summed E-state index contributed by atoms with van der Waals surface area (Å²) in [7, 11) is 2.20. The van der Waals surface area contributed by atoms with Crippen LogP contribution < -0.4 is 5.01 Å². The first-order valence-electron chi connectivity index (χ1n) is 7.56. The summed E-state index contributed by atoms with van der Waals surface area (Å²) >= 11 is 0. The monoisotopic (exact) mass is 343 g/mol. The van der Waals surface area contributed by atoms with Crippen LogP contribution in [0.25, 0.3) is 0 Å². The molecule has 2 saturated heterocycles. The van der Waals surface area contributed by atoms with Crippen LogP contribution in [0.3, 0.4) is 0 Å². The van der Waals surface area contributed by atoms with Gasteiger partial charge in [0, 0.05) is 32.6 Å². The van der Waals surface area contributed by atoms with Crippen molar-refractivity contribution in [3.05, 3.63) is 29.8 Å². The summed E-state index contributed by atoms with van der Waals surface area (Å²) in [5.41, 5.74) is 2.42. The molecule has 22 heavy (non-hydrogen) atoms. The zero-order valence-electron chi connectivity index (χ0n) is 12.8. The Morgan fingerprint density at radius 1 is 0.955 bits per heavy atom. The van der Waals surface area contributed by atoms with E-state index < -0.39 is 0 Å². The minimum atomic E-state index is 0. The second-order valence-electron chi connectivity index (χ2n) is 6.45. The molecule has 0 radical (unpaired) electrons. The Morgan fingerprint density at radius 2 is 1.59 bits per heavy atom. The van der Waals surface area contributed by atoms with E-state index in [1.165, 1.54) is 18.7 Å². The standard InChI is InChI=1S/C16H21N3O.2ClH/c1-17-8-13-10-18(11-14(13)9-17)19-15-5-3-2-4-12(15)6-7-16(19)20;;/h2-5,13-14H,6-11H2,1H3;2*1H. The molecule has 0 saturated carbocycles. The molecule has 1 aromatic rings. The van der Waals surface area contributed by atoms with Gasteiger partial charge in [-0.2, -0.15) is 0 Å². The average molecular weight is 344 g/mol. The van der Waals surface area contributed by atoms with Gasteiger partial charge in [0.15, 0.2) is 0 Å². The molecular formula is C16H23Cl2N3O. The zero-order valence-corrected chi connectivity index (χ0v) is 14.4. The van der Waals surface area contributed by atoms with Crippen LogP contribution in [-0.4, -0.2) is 49.0 Å². The normalized spacial score (nSPS) is 27.9. The third kappa shape index (κ3) is 2.85. The Kier molecular flexibility index (Phi) is 5.38. The number of aryl methyl sites for hydroxylation is 1. The number of hydrogen-bond acceptors (Lipinski definition) is 3. The topological polar surface area (TPSA) is 26.8 Å². The van der Waals surface area contributed by atoms with Gasteiger partial charge >= 0.3 is 0 Å². The molecule has 4 nitrogen and oxygen atoms in total. The average Bonchev–Trinajstić information content (AvgIpc) is 2.95. The van der Waals surface area contributed by atoms with Crippen LogP contribution in [-0.2, 0) is 11.2 Å². The van der Waals surface area contributed by atoms with E-state index in [1.54, 1.807) is 0 Å². The van der Waals surface area contributed by atoms with Gasteiger partial charge in [0.05, 0.1) is 5.69 Å². The van der Waals surface area contributed by atoms with Crippen LogP contribution in [0.4, 0.5) is 5.69 Å². The van der Waals surface area contributed by atoms with Gasteiger partial charge in [-0.3, -0.25) is 4.79 Å². The molecule has 0 aliphatic carbocycles. The SMILES string of the molecule is CN1CC2CN(N3C(=O)CCc4ccccc43)CC2C1.Cl.Cl. The number of likely N-dealkylation sites (tertiary alicyclic amines) is 1. The first kappa shape index (κ1) is 17.5. The largest absolute Gasteiger partial charge is 0.306 e. The molecule has 2 atom stereocenters. The van der Waals surface area contributed by atoms with E-state index in [0.29, 0.717) is 6.42 Å². The molecule has 4 rings (SSSR count). The van der Waals surface area contributed by atoms with Gasteiger partial charge in [-0.25, -0.2) is 10.0 Å². The Balaban J connectivity index is 0.000000882. The Bertz CT molecular complexity index is 540. The van der Waals surface area contributed by atoms with Gasteiger partial charge in [-0.1, -0.05) is 18.2 Å². The van der Waals surface area contributed by atoms with Gasteiger partial charge in [0.25, 0.3) is 0 Å². The zero-order chi connectivity index (χ0) is 13.7. The van der Waals surface area contributed by atoms with Crippen molar-refractivity contribution in [3.8, 4) is 0 Å². The Labute approximate surface area is 144 Å². The lowest BCUT2D eigenvalue weighted by Gasteiger charge is -2.36. The van der Waals surface area contributed by atoms with Crippen LogP contribution in [0.1, 0.15) is 12.0 Å². The fraction of sp³-hybridized carbons (Fsp3) is 0.562. The molecule has 0 aromatic heterocycles. The predicted molar refractivity (Wildman–Crippen MR) is 92.8 cm³/mol. The third-order valence-corrected chi connectivity index (χ3v) is 5.00. The van der Waals surface area contributed by atoms with Crippen molar-refractivity contribution in [1.29, 1.82) is 0 Å². The fourth-order valence-electron chi connectivity index (χ4n) is 4.09. The van der Waals surface area contributed by atoms with Crippen molar-refractivity contribution in [2.45, 2.75) is 12.8 Å². The number of fused-ring (bicyclic) bond motifs is 2. The quantitative estimate of drug-likeness (QED) is 0.782. The Hall–Kier alpha value is -0.810. The first-order valence-corrected chi connectivity index (χ1v) is 7.56. The third-order valence-electron chi connectivity index (χ3n) is 5.00. The van der Waals surface area contributed by atoms with Gasteiger partial charge in [-0.05, 0) is 36.9 Å². The summed E-state index contributed by atoms with van der Waals surface area (Å²) in [6.45, 7) is 4.39. The second-order valence-corrected chi connectivity index (χ2v) is 6.45. The molecule has 3 heterocycles. The summed E-state index contributed by atoms with van der Waals surface area (Å²) in [5.74, 6) is 1.71. The number of amides is 1. The first-order chi connectivity index (χ1) is 9.72. The van der Waals surface area contributed by atoms with Crippen molar-refractivity contribution in [2.75, 3.05) is 38.2 Å². The van der Waals surface area contributed by atoms with E-state index in [4.69, 9.17) is 0 Å². The number of hydrogen-bond donors (Lipinski definition) is 0. The number of benzene rings is 1. The van der Waals surface area contributed by atoms with Crippen LogP contribution in [0.2, 0.25) is 0 Å². The van der Waals surface area contributed by atoms with E-state index in [0.717, 1.165) is 37.0 Å². The predicted octanol–water partition coefficient (Wildman–Crippen LogP) is 2.22. The lowest BCUT2D eigenvalue weighted by atomic mass is 10.0. The molecule has 3 aliphatic heterocycles. The van der Waals surface area contributed by atoms with Crippen LogP contribution in [0.15, 0.2) is 24.3 Å². The summed E-state index contributed by atoms with van der Waals surface area (Å²) in [6.07, 6.45) is 1.53. The van der Waals surface area contributed by atoms with E-state index >= 15 is 0 Å². The summed E-state index contributed by atoms with van der Waals surface area (Å²) in [5, 5.41) is 4.26. The summed E-state index contributed by atoms with van der Waals surface area (Å²) < 4.78 is 0. The lowest BCUT2D eigenvalue weighted by Crippen LogP contribution is -2.48. The van der Waals surface area contributed by atoms with E-state index in [1.807, 2.05) is 11.1 Å². The summed E-state index contributed by atoms with van der Waals surface area (Å²) in [4.78, 5) is 14.8. The fourth-order valence-corrected chi connectivity index (χ4v) is 4.09. The van der Waals surface area contributed by atoms with Gasteiger partial charge in [0.2, 0.25) is 5.91 Å². The van der Waals surface area contributed by atoms with Crippen molar-refractivity contribution in [3.63, 3.8) is 0 Å². The maximum Gasteiger partial charge on any atom is 0.241 e. The molecule has 1 aromatic carbocycles. The molecule has 0 N–H and O–H groups in total. The second kappa shape index (κ2) is 6.75. The highest BCUT2D eigenvalue weighted by Crippen LogP contribution is 2.35. The molecular weight excluding hydrogens is 321 g/mol. The van der Waals surface area contributed by atoms with Gasteiger partial charge < -0.3 is 4.90 Å². The maximum absolute atomic E-state index is 12.4. The molecule has 2 unspecified atom stereocenters. The van der Waals surface area contributed by atoms with Gasteiger partial charge in [0.1, 0.15) is 0 Å². The number of carbonyl (C=O) groups excluding carboxylic acids is 1. The van der Waals surface area contributed by atoms with E-state index in [-0.39, 0.29) is 30.7 Å². The van der Waals surface area contributed by atoms with Gasteiger partial charge in [-0.15, -0.1) is 24.8 Å². The van der Waals surface area contributed by atoms with Crippen molar-refractivity contribution >= 4 is 36.4 Å². The number of halogens is 2. The summed E-state index contributed by atoms with van der Waals surface area (Å²) in [6, 6.07) is 8.35. The minimum absolute atomic E-state index is 0. The molecule has 0 spiro atoms. The molecule has 1 amide bonds. The van der Waals surface area contributed by atoms with Crippen LogP contribution >= 0.6 is 24.8 Å². The molecule has 0 bridgehead atoms.